The second-order valence-corrected chi connectivity index (χ2v) is 6.99. The van der Waals surface area contributed by atoms with Gasteiger partial charge in [-0.25, -0.2) is 0 Å². The van der Waals surface area contributed by atoms with E-state index in [9.17, 15) is 4.79 Å². The summed E-state index contributed by atoms with van der Waals surface area (Å²) in [5.41, 5.74) is 8.53. The van der Waals surface area contributed by atoms with Crippen molar-refractivity contribution in [3.05, 3.63) is 58.1 Å². The highest BCUT2D eigenvalue weighted by atomic mass is 79.9. The molecule has 0 radical (unpaired) electrons. The van der Waals surface area contributed by atoms with Crippen LogP contribution in [-0.2, 0) is 0 Å². The quantitative estimate of drug-likeness (QED) is 0.703. The summed E-state index contributed by atoms with van der Waals surface area (Å²) < 4.78 is 1.04. The van der Waals surface area contributed by atoms with Crippen LogP contribution in [0.25, 0.3) is 10.9 Å². The van der Waals surface area contributed by atoms with Gasteiger partial charge in [-0.05, 0) is 48.7 Å². The van der Waals surface area contributed by atoms with Crippen LogP contribution in [0.3, 0.4) is 0 Å². The van der Waals surface area contributed by atoms with Gasteiger partial charge in [0.15, 0.2) is 5.82 Å². The van der Waals surface area contributed by atoms with Crippen molar-refractivity contribution < 1.29 is 4.79 Å². The smallest absolute Gasteiger partial charge is 0.254 e. The summed E-state index contributed by atoms with van der Waals surface area (Å²) >= 11 is 3.46. The molecule has 0 spiro atoms. The van der Waals surface area contributed by atoms with Gasteiger partial charge >= 0.3 is 0 Å². The molecule has 0 saturated carbocycles. The molecule has 0 aliphatic carbocycles. The topological polar surface area (TPSA) is 75.0 Å². The minimum absolute atomic E-state index is 0.0444. The Morgan fingerprint density at radius 2 is 2.04 bits per heavy atom. The number of aromatic nitrogens is 2. The first kappa shape index (κ1) is 15.2. The first-order valence-corrected chi connectivity index (χ1v) is 8.73. The molecule has 2 heterocycles. The normalized spacial score (nSPS) is 17.5. The summed E-state index contributed by atoms with van der Waals surface area (Å²) in [5.74, 6) is 0.466. The molecule has 24 heavy (non-hydrogen) atoms. The van der Waals surface area contributed by atoms with Gasteiger partial charge in [0, 0.05) is 22.0 Å². The lowest BCUT2D eigenvalue weighted by atomic mass is 10.0. The van der Waals surface area contributed by atoms with Gasteiger partial charge in [0.1, 0.15) is 0 Å². The maximum absolute atomic E-state index is 13.0. The van der Waals surface area contributed by atoms with E-state index in [4.69, 9.17) is 5.73 Å². The summed E-state index contributed by atoms with van der Waals surface area (Å²) in [6.07, 6.45) is 2.01. The predicted molar refractivity (Wildman–Crippen MR) is 97.7 cm³/mol. The van der Waals surface area contributed by atoms with E-state index in [2.05, 4.69) is 38.3 Å². The Kier molecular flexibility index (Phi) is 3.76. The minimum atomic E-state index is 0.0444. The third kappa shape index (κ3) is 2.57. The molecule has 1 saturated heterocycles. The van der Waals surface area contributed by atoms with E-state index in [0.29, 0.717) is 11.4 Å². The Labute approximate surface area is 148 Å². The predicted octanol–water partition coefficient (Wildman–Crippen LogP) is 3.88. The van der Waals surface area contributed by atoms with Crippen LogP contribution in [0.2, 0.25) is 0 Å². The Hall–Kier alpha value is -2.34. The molecule has 3 N–H and O–H groups in total. The van der Waals surface area contributed by atoms with E-state index < -0.39 is 0 Å². The van der Waals surface area contributed by atoms with Crippen molar-refractivity contribution in [2.75, 3.05) is 12.3 Å². The number of nitrogens with two attached hydrogens (primary N) is 1. The Morgan fingerprint density at radius 3 is 2.83 bits per heavy atom. The van der Waals surface area contributed by atoms with Crippen molar-refractivity contribution in [2.24, 2.45) is 0 Å². The number of nitrogen functional groups attached to an aromatic ring is 1. The van der Waals surface area contributed by atoms with E-state index in [1.54, 1.807) is 0 Å². The van der Waals surface area contributed by atoms with Crippen molar-refractivity contribution in [1.82, 2.24) is 15.1 Å². The number of rotatable bonds is 2. The number of nitrogens with one attached hydrogen (secondary N) is 1. The summed E-state index contributed by atoms with van der Waals surface area (Å²) in [6, 6.07) is 13.9. The zero-order valence-corrected chi connectivity index (χ0v) is 14.6. The number of halogens is 1. The average Bonchev–Trinajstić information content (AvgIpc) is 3.22. The number of H-pyrrole nitrogens is 1. The molecule has 0 bridgehead atoms. The van der Waals surface area contributed by atoms with Gasteiger partial charge in [0.05, 0.1) is 11.6 Å². The number of fused-ring (bicyclic) bond motifs is 1. The highest BCUT2D eigenvalue weighted by Gasteiger charge is 2.30. The molecule has 122 valence electrons. The van der Waals surface area contributed by atoms with Crippen LogP contribution in [-0.4, -0.2) is 27.5 Å². The number of amides is 1. The molecule has 5 nitrogen and oxygen atoms in total. The standard InChI is InChI=1S/C18H17BrN4O/c19-13-6-3-11(4-7-13)16-2-1-9-23(16)18(24)12-5-8-15-14(10-12)17(20)22-21-15/h3-8,10,16H,1-2,9H2,(H3,20,21,22)/t16-/m1/s1. The lowest BCUT2D eigenvalue weighted by molar-refractivity contribution is 0.0736. The number of aromatic amines is 1. The largest absolute Gasteiger partial charge is 0.382 e. The fourth-order valence-corrected chi connectivity index (χ4v) is 3.64. The van der Waals surface area contributed by atoms with Crippen LogP contribution in [0.5, 0.6) is 0 Å². The minimum Gasteiger partial charge on any atom is -0.382 e. The van der Waals surface area contributed by atoms with Crippen LogP contribution in [0.15, 0.2) is 46.9 Å². The van der Waals surface area contributed by atoms with Crippen molar-refractivity contribution in [3.63, 3.8) is 0 Å². The maximum atomic E-state index is 13.0. The second-order valence-electron chi connectivity index (χ2n) is 6.08. The summed E-state index contributed by atoms with van der Waals surface area (Å²) in [5, 5.41) is 7.64. The summed E-state index contributed by atoms with van der Waals surface area (Å²) in [7, 11) is 0. The van der Waals surface area contributed by atoms with Crippen LogP contribution >= 0.6 is 15.9 Å². The lowest BCUT2D eigenvalue weighted by Crippen LogP contribution is -2.30. The van der Waals surface area contributed by atoms with Crippen LogP contribution in [0.1, 0.15) is 34.8 Å². The van der Waals surface area contributed by atoms with Gasteiger partial charge in [-0.15, -0.1) is 0 Å². The Bertz CT molecular complexity index is 903. The summed E-state index contributed by atoms with van der Waals surface area (Å²) in [4.78, 5) is 15.0. The first-order chi connectivity index (χ1) is 11.6. The molecule has 1 fully saturated rings. The molecule has 1 aliphatic heterocycles. The number of carbonyl (C=O) groups excluding carboxylic acids is 1. The number of anilines is 1. The van der Waals surface area contributed by atoms with Gasteiger partial charge in [-0.3, -0.25) is 9.89 Å². The average molecular weight is 385 g/mol. The second kappa shape index (κ2) is 5.94. The Balaban J connectivity index is 1.66. The molecular weight excluding hydrogens is 368 g/mol. The van der Waals surface area contributed by atoms with Gasteiger partial charge in [0.25, 0.3) is 5.91 Å². The van der Waals surface area contributed by atoms with Crippen molar-refractivity contribution in [3.8, 4) is 0 Å². The van der Waals surface area contributed by atoms with Gasteiger partial charge < -0.3 is 10.6 Å². The molecule has 3 aromatic rings. The molecule has 4 rings (SSSR count). The third-order valence-corrected chi connectivity index (χ3v) is 5.14. The third-order valence-electron chi connectivity index (χ3n) is 4.61. The fraction of sp³-hybridized carbons (Fsp3) is 0.222. The molecule has 1 amide bonds. The molecule has 2 aromatic carbocycles. The van der Waals surface area contributed by atoms with E-state index in [-0.39, 0.29) is 11.9 Å². The molecule has 6 heteroatoms. The van der Waals surface area contributed by atoms with Crippen LogP contribution in [0, 0.1) is 0 Å². The molecular formula is C18H17BrN4O. The summed E-state index contributed by atoms with van der Waals surface area (Å²) in [6.45, 7) is 0.776. The van der Waals surface area contributed by atoms with Gasteiger partial charge in [-0.2, -0.15) is 5.10 Å². The molecule has 1 aromatic heterocycles. The lowest BCUT2D eigenvalue weighted by Gasteiger charge is -2.25. The highest BCUT2D eigenvalue weighted by molar-refractivity contribution is 9.10. The molecule has 1 atom stereocenters. The zero-order valence-electron chi connectivity index (χ0n) is 13.0. The number of hydrogen-bond acceptors (Lipinski definition) is 3. The zero-order chi connectivity index (χ0) is 16.7. The van der Waals surface area contributed by atoms with Crippen molar-refractivity contribution >= 4 is 38.6 Å². The number of benzene rings is 2. The molecule has 1 aliphatic rings. The maximum Gasteiger partial charge on any atom is 0.254 e. The monoisotopic (exact) mass is 384 g/mol. The van der Waals surface area contributed by atoms with Crippen molar-refractivity contribution in [2.45, 2.75) is 18.9 Å². The van der Waals surface area contributed by atoms with Gasteiger partial charge in [-0.1, -0.05) is 28.1 Å². The van der Waals surface area contributed by atoms with Gasteiger partial charge in [0.2, 0.25) is 0 Å². The highest BCUT2D eigenvalue weighted by Crippen LogP contribution is 2.34. The fourth-order valence-electron chi connectivity index (χ4n) is 3.37. The van der Waals surface area contributed by atoms with E-state index >= 15 is 0 Å². The molecule has 0 unspecified atom stereocenters. The Morgan fingerprint density at radius 1 is 1.25 bits per heavy atom. The van der Waals surface area contributed by atoms with Crippen LogP contribution < -0.4 is 5.73 Å². The number of hydrogen-bond donors (Lipinski definition) is 2. The number of likely N-dealkylation sites (tertiary alicyclic amines) is 1. The van der Waals surface area contributed by atoms with Crippen LogP contribution in [0.4, 0.5) is 5.82 Å². The van der Waals surface area contributed by atoms with Crippen molar-refractivity contribution in [1.29, 1.82) is 0 Å². The number of nitrogens with zero attached hydrogens (tertiary/aromatic N) is 2. The number of carbonyl (C=O) groups is 1. The van der Waals surface area contributed by atoms with E-state index in [1.165, 1.54) is 5.56 Å². The SMILES string of the molecule is Nc1n[nH]c2ccc(C(=O)N3CCC[C@@H]3c3ccc(Br)cc3)cc12. The first-order valence-electron chi connectivity index (χ1n) is 7.93. The van der Waals surface area contributed by atoms with E-state index in [1.807, 2.05) is 35.2 Å². The van der Waals surface area contributed by atoms with E-state index in [0.717, 1.165) is 34.8 Å².